The lowest BCUT2D eigenvalue weighted by Gasteiger charge is -2.29. The summed E-state index contributed by atoms with van der Waals surface area (Å²) in [5, 5.41) is 0. The third kappa shape index (κ3) is 3.36. The Labute approximate surface area is 86.4 Å². The molecule has 1 aliphatic rings. The van der Waals surface area contributed by atoms with Gasteiger partial charge < -0.3 is 9.47 Å². The molecule has 0 spiro atoms. The first-order valence-electron chi connectivity index (χ1n) is 5.68. The first-order valence-corrected chi connectivity index (χ1v) is 4.68. The van der Waals surface area contributed by atoms with Crippen LogP contribution in [0.25, 0.3) is 0 Å². The molecule has 0 aromatic carbocycles. The summed E-state index contributed by atoms with van der Waals surface area (Å²) < 4.78 is 25.7. The Bertz CT molecular complexity index is 277. The molecule has 0 radical (unpaired) electrons. The van der Waals surface area contributed by atoms with E-state index in [9.17, 15) is 9.59 Å². The van der Waals surface area contributed by atoms with E-state index >= 15 is 0 Å². The van der Waals surface area contributed by atoms with Gasteiger partial charge in [0.15, 0.2) is 0 Å². The lowest BCUT2D eigenvalue weighted by atomic mass is 9.94. The van der Waals surface area contributed by atoms with Crippen LogP contribution in [0.4, 0.5) is 0 Å². The summed E-state index contributed by atoms with van der Waals surface area (Å²) in [5.74, 6) is -1.28. The summed E-state index contributed by atoms with van der Waals surface area (Å²) >= 11 is 0. The van der Waals surface area contributed by atoms with Crippen LogP contribution in [0.2, 0.25) is 0 Å². The molecule has 0 N–H and O–H groups in total. The van der Waals surface area contributed by atoms with Crippen molar-refractivity contribution in [3.63, 3.8) is 0 Å². The van der Waals surface area contributed by atoms with Crippen LogP contribution in [0.3, 0.4) is 0 Å². The average Bonchev–Trinajstić information content (AvgIpc) is 2.08. The lowest BCUT2D eigenvalue weighted by Crippen LogP contribution is -2.36. The molecule has 0 heterocycles. The molecule has 0 saturated heterocycles. The summed E-state index contributed by atoms with van der Waals surface area (Å²) in [6.45, 7) is 2.36. The zero-order valence-electron chi connectivity index (χ0n) is 10.5. The van der Waals surface area contributed by atoms with Crippen molar-refractivity contribution in [1.29, 1.82) is 0 Å². The minimum Gasteiger partial charge on any atom is -0.459 e. The first-order chi connectivity index (χ1) is 7.29. The Kier molecular flexibility index (Phi) is 2.94. The molecule has 1 fully saturated rings. The van der Waals surface area contributed by atoms with Crippen molar-refractivity contribution in [1.82, 2.24) is 0 Å². The molecule has 0 aromatic heterocycles. The summed E-state index contributed by atoms with van der Waals surface area (Å²) in [7, 11) is 0. The van der Waals surface area contributed by atoms with Gasteiger partial charge in [0.05, 0.1) is 2.74 Å². The highest BCUT2D eigenvalue weighted by Gasteiger charge is 2.29. The predicted molar refractivity (Wildman–Crippen MR) is 49.6 cm³/mol. The van der Waals surface area contributed by atoms with Crippen LogP contribution in [-0.2, 0) is 19.1 Å². The lowest BCUT2D eigenvalue weighted by molar-refractivity contribution is -0.168. The number of rotatable bonds is 2. The van der Waals surface area contributed by atoms with E-state index in [1.807, 2.05) is 0 Å². The monoisotopic (exact) mass is 202 g/mol. The fourth-order valence-corrected chi connectivity index (χ4v) is 1.41. The van der Waals surface area contributed by atoms with E-state index < -0.39 is 24.1 Å². The molecule has 4 heteroatoms. The molecule has 4 nitrogen and oxygen atoms in total. The van der Waals surface area contributed by atoms with E-state index in [0.29, 0.717) is 12.8 Å². The number of ether oxygens (including phenoxy) is 2. The van der Waals surface area contributed by atoms with Crippen molar-refractivity contribution >= 4 is 11.9 Å². The van der Waals surface area contributed by atoms with Crippen LogP contribution in [0, 0.1) is 0 Å². The summed E-state index contributed by atoms with van der Waals surface area (Å²) in [4.78, 5) is 21.8. The average molecular weight is 202 g/mol. The van der Waals surface area contributed by atoms with Crippen LogP contribution in [0.1, 0.15) is 42.3 Å². The molecular weight excluding hydrogens is 184 g/mol. The van der Waals surface area contributed by atoms with Crippen LogP contribution >= 0.6 is 0 Å². The van der Waals surface area contributed by atoms with E-state index in [1.54, 1.807) is 0 Å². The second kappa shape index (κ2) is 4.98. The molecule has 2 atom stereocenters. The molecule has 1 aliphatic carbocycles. The van der Waals surface area contributed by atoms with Gasteiger partial charge in [0.25, 0.3) is 0 Å². The first kappa shape index (κ1) is 8.26. The van der Waals surface area contributed by atoms with Gasteiger partial charge in [0.1, 0.15) is 12.2 Å². The molecular formula is C10H16O4. The normalized spacial score (nSPS) is 39.3. The van der Waals surface area contributed by atoms with Crippen molar-refractivity contribution in [3.05, 3.63) is 0 Å². The number of esters is 2. The Balaban J connectivity index is 2.92. The van der Waals surface area contributed by atoms with Crippen molar-refractivity contribution in [2.45, 2.75) is 51.7 Å². The van der Waals surface area contributed by atoms with Gasteiger partial charge in [0.2, 0.25) is 0 Å². The predicted octanol–water partition coefficient (Wildman–Crippen LogP) is 1.42. The quantitative estimate of drug-likeness (QED) is 0.635. The summed E-state index contributed by atoms with van der Waals surface area (Å²) in [6.07, 6.45) is -1.80. The number of hydrogen-bond acceptors (Lipinski definition) is 4. The van der Waals surface area contributed by atoms with E-state index in [1.165, 1.54) is 13.8 Å². The van der Waals surface area contributed by atoms with Gasteiger partial charge in [-0.1, -0.05) is 0 Å². The maximum absolute atomic E-state index is 10.9. The minimum absolute atomic E-state index is 0.212. The van der Waals surface area contributed by atoms with Gasteiger partial charge in [0, 0.05) is 13.8 Å². The van der Waals surface area contributed by atoms with Gasteiger partial charge in [-0.2, -0.15) is 0 Å². The van der Waals surface area contributed by atoms with Crippen LogP contribution in [0.15, 0.2) is 0 Å². The van der Waals surface area contributed by atoms with Crippen molar-refractivity contribution < 1.29 is 21.8 Å². The molecule has 0 bridgehead atoms. The molecule has 14 heavy (non-hydrogen) atoms. The number of carbonyl (C=O) groups is 2. The van der Waals surface area contributed by atoms with E-state index in [2.05, 4.69) is 0 Å². The zero-order valence-corrected chi connectivity index (χ0v) is 8.46. The van der Waals surface area contributed by atoms with Crippen LogP contribution in [0.5, 0.6) is 0 Å². The van der Waals surface area contributed by atoms with Crippen LogP contribution < -0.4 is 0 Å². The van der Waals surface area contributed by atoms with E-state index in [4.69, 9.17) is 12.2 Å². The summed E-state index contributed by atoms with van der Waals surface area (Å²) in [5.41, 5.74) is 0. The highest BCUT2D eigenvalue weighted by atomic mass is 16.6. The largest absolute Gasteiger partial charge is 0.459 e. The fraction of sp³-hybridized carbons (Fsp3) is 0.800. The number of hydrogen-bond donors (Lipinski definition) is 0. The molecule has 0 aromatic rings. The third-order valence-electron chi connectivity index (χ3n) is 1.90. The van der Waals surface area contributed by atoms with Crippen molar-refractivity contribution in [2.24, 2.45) is 0 Å². The van der Waals surface area contributed by atoms with E-state index in [-0.39, 0.29) is 12.8 Å². The second-order valence-electron chi connectivity index (χ2n) is 3.24. The van der Waals surface area contributed by atoms with Crippen LogP contribution in [-0.4, -0.2) is 24.1 Å². The van der Waals surface area contributed by atoms with Gasteiger partial charge in [-0.15, -0.1) is 0 Å². The van der Waals surface area contributed by atoms with Crippen molar-refractivity contribution in [3.8, 4) is 0 Å². The Morgan fingerprint density at radius 1 is 1.07 bits per heavy atom. The molecule has 1 saturated carbocycles. The van der Waals surface area contributed by atoms with Gasteiger partial charge in [-0.05, 0) is 25.7 Å². The maximum Gasteiger partial charge on any atom is 0.303 e. The second-order valence-corrected chi connectivity index (χ2v) is 3.24. The van der Waals surface area contributed by atoms with Gasteiger partial charge >= 0.3 is 11.9 Å². The Hall–Kier alpha value is -1.06. The maximum atomic E-state index is 10.9. The number of carbonyl (C=O) groups excluding carboxylic acids is 2. The minimum atomic E-state index is -1.79. The Morgan fingerprint density at radius 2 is 1.43 bits per heavy atom. The summed E-state index contributed by atoms with van der Waals surface area (Å²) in [6, 6.07) is 0. The topological polar surface area (TPSA) is 52.6 Å². The van der Waals surface area contributed by atoms with Gasteiger partial charge in [-0.3, -0.25) is 9.59 Å². The van der Waals surface area contributed by atoms with Crippen molar-refractivity contribution in [2.75, 3.05) is 0 Å². The fourth-order valence-electron chi connectivity index (χ4n) is 1.41. The molecule has 0 unspecified atom stereocenters. The smallest absolute Gasteiger partial charge is 0.303 e. The third-order valence-corrected chi connectivity index (χ3v) is 1.90. The molecule has 0 amide bonds. The highest BCUT2D eigenvalue weighted by molar-refractivity contribution is 5.67. The molecule has 0 aliphatic heterocycles. The SMILES string of the molecule is [2H][C@@]1(OC(C)=O)CCCC[C@@]1([2H])OC(C)=O. The van der Waals surface area contributed by atoms with E-state index in [0.717, 1.165) is 0 Å². The molecule has 1 rings (SSSR count). The molecule has 80 valence electrons. The Morgan fingerprint density at radius 3 is 1.71 bits per heavy atom. The van der Waals surface area contributed by atoms with Gasteiger partial charge in [-0.25, -0.2) is 0 Å². The zero-order chi connectivity index (χ0) is 12.4. The highest BCUT2D eigenvalue weighted by Crippen LogP contribution is 2.24. The standard InChI is InChI=1S/C10H16O4/c1-7(11)13-9-5-3-4-6-10(9)14-8(2)12/h9-10H,3-6H2,1-2H3/t9-,10-/m1/s1/i9D,10D.